The first kappa shape index (κ1) is 23.4. The number of pyridine rings is 1. The summed E-state index contributed by atoms with van der Waals surface area (Å²) in [6, 6.07) is 9.63. The van der Waals surface area contributed by atoms with Crippen LogP contribution in [0.5, 0.6) is 11.5 Å². The van der Waals surface area contributed by atoms with Crippen molar-refractivity contribution >= 4 is 16.6 Å². The van der Waals surface area contributed by atoms with Crippen molar-refractivity contribution in [1.29, 1.82) is 0 Å². The van der Waals surface area contributed by atoms with E-state index in [4.69, 9.17) is 4.74 Å². The molecule has 0 aliphatic rings. The van der Waals surface area contributed by atoms with E-state index >= 15 is 0 Å². The molecule has 2 N–H and O–H groups in total. The molecule has 0 amide bonds. The van der Waals surface area contributed by atoms with Crippen molar-refractivity contribution in [2.45, 2.75) is 13.3 Å². The van der Waals surface area contributed by atoms with E-state index in [1.165, 1.54) is 16.7 Å². The molecule has 1 aromatic heterocycles. The summed E-state index contributed by atoms with van der Waals surface area (Å²) in [5.74, 6) is -1.43. The fourth-order valence-electron chi connectivity index (χ4n) is 3.18. The number of aromatic nitrogens is 1. The lowest BCUT2D eigenvalue weighted by atomic mass is 10.00. The zero-order valence-electron chi connectivity index (χ0n) is 17.5. The number of thiol groups is 1. The lowest BCUT2D eigenvalue weighted by Gasteiger charge is -2.17. The van der Waals surface area contributed by atoms with Crippen molar-refractivity contribution in [3.63, 3.8) is 0 Å². The SMILES string of the molecule is CCNc1cc(=O)n(C)cc1-c1cc(CCN[SH](=O)=O)ccc1Oc1ccc(F)cc1F. The van der Waals surface area contributed by atoms with Crippen LogP contribution in [-0.2, 0) is 24.4 Å². The zero-order valence-corrected chi connectivity index (χ0v) is 18.4. The van der Waals surface area contributed by atoms with Crippen LogP contribution in [0.2, 0.25) is 0 Å². The van der Waals surface area contributed by atoms with E-state index in [-0.39, 0.29) is 17.9 Å². The summed E-state index contributed by atoms with van der Waals surface area (Å²) in [4.78, 5) is 12.2. The number of rotatable bonds is 9. The van der Waals surface area contributed by atoms with Gasteiger partial charge in [0.15, 0.2) is 11.6 Å². The normalized spacial score (nSPS) is 11.0. The third kappa shape index (κ3) is 5.71. The largest absolute Gasteiger partial charge is 0.454 e. The first-order chi connectivity index (χ1) is 15.3. The lowest BCUT2D eigenvalue weighted by molar-refractivity contribution is 0.439. The summed E-state index contributed by atoms with van der Waals surface area (Å²) in [6.07, 6.45) is 2.05. The molecular formula is C22H23F2N3O4S. The van der Waals surface area contributed by atoms with Gasteiger partial charge >= 0.3 is 0 Å². The molecule has 0 saturated heterocycles. The Hall–Kier alpha value is -3.24. The molecule has 0 radical (unpaired) electrons. The second-order valence-electron chi connectivity index (χ2n) is 7.00. The number of hydrogen-bond donors (Lipinski definition) is 3. The maximum Gasteiger partial charge on any atom is 0.252 e. The third-order valence-electron chi connectivity index (χ3n) is 4.70. The van der Waals surface area contributed by atoms with E-state index in [0.717, 1.165) is 17.7 Å². The van der Waals surface area contributed by atoms with E-state index in [1.807, 2.05) is 6.92 Å². The maximum atomic E-state index is 14.2. The van der Waals surface area contributed by atoms with Crippen molar-refractivity contribution in [1.82, 2.24) is 9.29 Å². The Labute approximate surface area is 185 Å². The van der Waals surface area contributed by atoms with Gasteiger partial charge in [-0.1, -0.05) is 6.07 Å². The topological polar surface area (TPSA) is 89.4 Å². The highest BCUT2D eigenvalue weighted by Gasteiger charge is 2.16. The smallest absolute Gasteiger partial charge is 0.252 e. The highest BCUT2D eigenvalue weighted by molar-refractivity contribution is 7.70. The van der Waals surface area contributed by atoms with Gasteiger partial charge < -0.3 is 14.6 Å². The Morgan fingerprint density at radius 2 is 1.78 bits per heavy atom. The third-order valence-corrected chi connectivity index (χ3v) is 5.18. The Morgan fingerprint density at radius 1 is 1.03 bits per heavy atom. The van der Waals surface area contributed by atoms with Gasteiger partial charge in [-0.25, -0.2) is 21.9 Å². The molecule has 0 atom stereocenters. The van der Waals surface area contributed by atoms with E-state index in [0.29, 0.717) is 35.5 Å². The summed E-state index contributed by atoms with van der Waals surface area (Å²) >= 11 is 0. The molecule has 0 saturated carbocycles. The van der Waals surface area contributed by atoms with Crippen LogP contribution in [0.1, 0.15) is 12.5 Å². The van der Waals surface area contributed by atoms with Crippen molar-refractivity contribution in [2.24, 2.45) is 7.05 Å². The van der Waals surface area contributed by atoms with Crippen molar-refractivity contribution < 1.29 is 21.9 Å². The first-order valence-corrected chi connectivity index (χ1v) is 11.0. The molecule has 1 heterocycles. The average Bonchev–Trinajstić information content (AvgIpc) is 2.73. The average molecular weight is 464 g/mol. The predicted octanol–water partition coefficient (Wildman–Crippen LogP) is 3.21. The van der Waals surface area contributed by atoms with Crippen molar-refractivity contribution in [3.8, 4) is 22.6 Å². The van der Waals surface area contributed by atoms with Gasteiger partial charge in [-0.15, -0.1) is 0 Å². The monoisotopic (exact) mass is 463 g/mol. The molecule has 170 valence electrons. The van der Waals surface area contributed by atoms with Crippen LogP contribution < -0.4 is 20.3 Å². The number of halogens is 2. The fraction of sp³-hybridized carbons (Fsp3) is 0.227. The van der Waals surface area contributed by atoms with Crippen LogP contribution in [0.4, 0.5) is 14.5 Å². The number of aryl methyl sites for hydroxylation is 1. The summed E-state index contributed by atoms with van der Waals surface area (Å²) in [5.41, 5.74) is 2.35. The minimum absolute atomic E-state index is 0.153. The second-order valence-corrected chi connectivity index (χ2v) is 7.83. The second kappa shape index (κ2) is 10.4. The standard InChI is InChI=1S/C22H23F2N3O4S/c1-3-25-19-12-22(28)27(2)13-17(19)16-10-14(8-9-26-32(29)30)4-6-20(16)31-21-7-5-15(23)11-18(21)24/h4-7,10-13,25,32H,3,8-9H2,1-2H3,(H,26,29,30). The quantitative estimate of drug-likeness (QED) is 0.424. The number of hydrogen-bond acceptors (Lipinski definition) is 5. The molecule has 32 heavy (non-hydrogen) atoms. The van der Waals surface area contributed by atoms with Gasteiger partial charge in [0.05, 0.1) is 0 Å². The molecule has 10 heteroatoms. The number of anilines is 1. The molecular weight excluding hydrogens is 440 g/mol. The predicted molar refractivity (Wildman–Crippen MR) is 120 cm³/mol. The number of ether oxygens (including phenoxy) is 1. The Bertz CT molecular complexity index is 1250. The minimum Gasteiger partial charge on any atom is -0.454 e. The van der Waals surface area contributed by atoms with Crippen LogP contribution in [0, 0.1) is 11.6 Å². The molecule has 0 unspecified atom stereocenters. The van der Waals surface area contributed by atoms with Gasteiger partial charge in [0.1, 0.15) is 11.6 Å². The van der Waals surface area contributed by atoms with Gasteiger partial charge in [-0.05, 0) is 43.2 Å². The number of benzene rings is 2. The first-order valence-electron chi connectivity index (χ1n) is 9.87. The molecule has 0 spiro atoms. The van der Waals surface area contributed by atoms with Gasteiger partial charge in [0.2, 0.25) is 10.9 Å². The van der Waals surface area contributed by atoms with Crippen LogP contribution in [0.15, 0.2) is 53.5 Å². The molecule has 0 aliphatic carbocycles. The van der Waals surface area contributed by atoms with Gasteiger partial charge in [-0.2, -0.15) is 0 Å². The van der Waals surface area contributed by atoms with Crippen LogP contribution in [0.3, 0.4) is 0 Å². The molecule has 7 nitrogen and oxygen atoms in total. The molecule has 3 aromatic rings. The molecule has 2 aromatic carbocycles. The van der Waals surface area contributed by atoms with Crippen LogP contribution >= 0.6 is 0 Å². The number of nitrogens with one attached hydrogen (secondary N) is 2. The molecule has 0 fully saturated rings. The highest BCUT2D eigenvalue weighted by atomic mass is 32.2. The fourth-order valence-corrected chi connectivity index (χ4v) is 3.48. The van der Waals surface area contributed by atoms with E-state index in [1.54, 1.807) is 31.4 Å². The summed E-state index contributed by atoms with van der Waals surface area (Å²) in [7, 11) is -1.10. The van der Waals surface area contributed by atoms with E-state index < -0.39 is 22.5 Å². The molecule has 0 bridgehead atoms. The summed E-state index contributed by atoms with van der Waals surface area (Å²) in [6.45, 7) is 2.65. The van der Waals surface area contributed by atoms with Crippen molar-refractivity contribution in [3.05, 3.63) is 76.2 Å². The van der Waals surface area contributed by atoms with Crippen LogP contribution in [-0.4, -0.2) is 26.1 Å². The van der Waals surface area contributed by atoms with Gasteiger partial charge in [-0.3, -0.25) is 4.79 Å². The minimum atomic E-state index is -2.71. The van der Waals surface area contributed by atoms with Crippen molar-refractivity contribution in [2.75, 3.05) is 18.4 Å². The van der Waals surface area contributed by atoms with Crippen LogP contribution in [0.25, 0.3) is 11.1 Å². The Balaban J connectivity index is 2.11. The maximum absolute atomic E-state index is 14.2. The lowest BCUT2D eigenvalue weighted by Crippen LogP contribution is -2.17. The highest BCUT2D eigenvalue weighted by Crippen LogP contribution is 2.38. The zero-order chi connectivity index (χ0) is 23.3. The summed E-state index contributed by atoms with van der Waals surface area (Å²) < 4.78 is 58.6. The van der Waals surface area contributed by atoms with Gasteiger partial charge in [0.25, 0.3) is 5.56 Å². The summed E-state index contributed by atoms with van der Waals surface area (Å²) in [5, 5.41) is 3.15. The Kier molecular flexibility index (Phi) is 7.60. The van der Waals surface area contributed by atoms with Gasteiger partial charge in [0, 0.05) is 55.3 Å². The van der Waals surface area contributed by atoms with E-state index in [2.05, 4.69) is 10.0 Å². The number of nitrogens with zero attached hydrogens (tertiary/aromatic N) is 1. The van der Waals surface area contributed by atoms with E-state index in [9.17, 15) is 22.0 Å². The molecule has 0 aliphatic heterocycles. The Morgan fingerprint density at radius 3 is 2.47 bits per heavy atom. The molecule has 3 rings (SSSR count).